The summed E-state index contributed by atoms with van der Waals surface area (Å²) in [5.74, 6) is 0.619. The van der Waals surface area contributed by atoms with Crippen molar-refractivity contribution in [2.24, 2.45) is 0 Å². The van der Waals surface area contributed by atoms with Crippen LogP contribution >= 0.6 is 0 Å². The first-order valence-corrected chi connectivity index (χ1v) is 18.6. The summed E-state index contributed by atoms with van der Waals surface area (Å²) in [4.78, 5) is 7.40. The number of fused-ring (bicyclic) bond motifs is 7. The maximum absolute atomic E-state index is 6.32. The van der Waals surface area contributed by atoms with Gasteiger partial charge in [-0.15, -0.1) is 0 Å². The van der Waals surface area contributed by atoms with E-state index in [4.69, 9.17) is 9.40 Å². The number of anilines is 3. The van der Waals surface area contributed by atoms with Crippen LogP contribution in [0.1, 0.15) is 0 Å². The van der Waals surface area contributed by atoms with Gasteiger partial charge in [0.25, 0.3) is 0 Å². The minimum atomic E-state index is 0.619. The van der Waals surface area contributed by atoms with Crippen LogP contribution in [0.5, 0.6) is 0 Å². The van der Waals surface area contributed by atoms with Gasteiger partial charge >= 0.3 is 0 Å². The van der Waals surface area contributed by atoms with E-state index < -0.39 is 0 Å². The first kappa shape index (κ1) is 31.1. The van der Waals surface area contributed by atoms with Crippen LogP contribution in [0.4, 0.5) is 17.1 Å². The number of hydrogen-bond donors (Lipinski definition) is 0. The third kappa shape index (κ3) is 5.26. The molecule has 0 amide bonds. The molecule has 55 heavy (non-hydrogen) atoms. The maximum atomic E-state index is 6.32. The van der Waals surface area contributed by atoms with Crippen LogP contribution in [0.25, 0.3) is 82.7 Å². The lowest BCUT2D eigenvalue weighted by Crippen LogP contribution is -2.10. The molecule has 4 nitrogen and oxygen atoms in total. The standard InChI is InChI=1S/C51H33N3O/c1-3-12-37(13-4-1)51-52-50-46-32-42(27-23-36(46)24-30-49(50)55-51)53(41-25-21-35(22-26-41)39-20-19-34-11-7-8-14-38(34)31-39)43-28-29-45-44-17-9-10-18-47(44)54(48(45)33-43)40-15-5-2-6-16-40/h1-33H. The minimum Gasteiger partial charge on any atom is -0.436 e. The number of benzene rings is 9. The third-order valence-corrected chi connectivity index (χ3v) is 10.8. The Balaban J connectivity index is 1.11. The highest BCUT2D eigenvalue weighted by Gasteiger charge is 2.19. The van der Waals surface area contributed by atoms with Gasteiger partial charge in [0.05, 0.1) is 11.0 Å². The van der Waals surface area contributed by atoms with E-state index in [2.05, 4.69) is 173 Å². The van der Waals surface area contributed by atoms with E-state index in [1.54, 1.807) is 0 Å². The summed E-state index contributed by atoms with van der Waals surface area (Å²) in [5.41, 5.74) is 11.5. The number of hydrogen-bond acceptors (Lipinski definition) is 3. The van der Waals surface area contributed by atoms with E-state index in [0.717, 1.165) is 55.7 Å². The smallest absolute Gasteiger partial charge is 0.227 e. The summed E-state index contributed by atoms with van der Waals surface area (Å²) in [7, 11) is 0. The summed E-state index contributed by atoms with van der Waals surface area (Å²) in [6, 6.07) is 71.2. The molecule has 0 radical (unpaired) electrons. The van der Waals surface area contributed by atoms with Crippen molar-refractivity contribution < 1.29 is 4.42 Å². The molecule has 9 aromatic carbocycles. The Bertz CT molecular complexity index is 3200. The fourth-order valence-electron chi connectivity index (χ4n) is 8.11. The van der Waals surface area contributed by atoms with Gasteiger partial charge in [0.15, 0.2) is 5.58 Å². The number of oxazole rings is 1. The van der Waals surface area contributed by atoms with Crippen LogP contribution in [0.3, 0.4) is 0 Å². The Morgan fingerprint density at radius 1 is 0.400 bits per heavy atom. The van der Waals surface area contributed by atoms with Crippen LogP contribution in [-0.4, -0.2) is 9.55 Å². The summed E-state index contributed by atoms with van der Waals surface area (Å²) in [6.45, 7) is 0. The molecule has 258 valence electrons. The molecule has 0 aliphatic heterocycles. The third-order valence-electron chi connectivity index (χ3n) is 10.8. The zero-order valence-electron chi connectivity index (χ0n) is 29.8. The average Bonchev–Trinajstić information content (AvgIpc) is 3.84. The summed E-state index contributed by atoms with van der Waals surface area (Å²) in [5, 5.41) is 7.07. The Morgan fingerprint density at radius 3 is 1.89 bits per heavy atom. The van der Waals surface area contributed by atoms with Crippen LogP contribution in [-0.2, 0) is 0 Å². The largest absolute Gasteiger partial charge is 0.436 e. The van der Waals surface area contributed by atoms with Crippen molar-refractivity contribution in [3.05, 3.63) is 200 Å². The second-order valence-electron chi connectivity index (χ2n) is 14.0. The average molecular weight is 704 g/mol. The number of aromatic nitrogens is 2. The highest BCUT2D eigenvalue weighted by atomic mass is 16.3. The van der Waals surface area contributed by atoms with Gasteiger partial charge in [0.1, 0.15) is 5.52 Å². The predicted molar refractivity (Wildman–Crippen MR) is 229 cm³/mol. The van der Waals surface area contributed by atoms with E-state index in [-0.39, 0.29) is 0 Å². The fraction of sp³-hybridized carbons (Fsp3) is 0. The highest BCUT2D eigenvalue weighted by molar-refractivity contribution is 6.11. The first-order chi connectivity index (χ1) is 27.2. The van der Waals surface area contributed by atoms with Gasteiger partial charge in [-0.25, -0.2) is 4.98 Å². The van der Waals surface area contributed by atoms with Crippen LogP contribution in [0.2, 0.25) is 0 Å². The van der Waals surface area contributed by atoms with Crippen LogP contribution < -0.4 is 4.90 Å². The molecule has 0 spiro atoms. The molecular formula is C51H33N3O. The lowest BCUT2D eigenvalue weighted by Gasteiger charge is -2.26. The van der Waals surface area contributed by atoms with Gasteiger partial charge in [-0.2, -0.15) is 0 Å². The zero-order valence-corrected chi connectivity index (χ0v) is 29.8. The molecule has 0 saturated carbocycles. The molecule has 0 fully saturated rings. The van der Waals surface area contributed by atoms with Crippen molar-refractivity contribution in [1.29, 1.82) is 0 Å². The lowest BCUT2D eigenvalue weighted by atomic mass is 10.0. The van der Waals surface area contributed by atoms with Crippen LogP contribution in [0, 0.1) is 0 Å². The van der Waals surface area contributed by atoms with Crippen molar-refractivity contribution in [3.63, 3.8) is 0 Å². The van der Waals surface area contributed by atoms with E-state index in [0.29, 0.717) is 5.89 Å². The van der Waals surface area contributed by atoms with Gasteiger partial charge in [0.2, 0.25) is 5.89 Å². The predicted octanol–water partition coefficient (Wildman–Crippen LogP) is 14.0. The number of para-hydroxylation sites is 2. The molecule has 4 heteroatoms. The second kappa shape index (κ2) is 12.6. The van der Waals surface area contributed by atoms with E-state index in [1.165, 1.54) is 38.2 Å². The molecule has 2 aromatic heterocycles. The molecule has 2 heterocycles. The van der Waals surface area contributed by atoms with Gasteiger partial charge in [-0.1, -0.05) is 121 Å². The van der Waals surface area contributed by atoms with Crippen molar-refractivity contribution >= 4 is 71.5 Å². The normalized spacial score (nSPS) is 11.6. The SMILES string of the molecule is c1ccc(-c2nc3c(ccc4ccc(N(c5ccc(-c6ccc7ccccc7c6)cc5)c5ccc6c7ccccc7n(-c7ccccc7)c6c5)cc43)o2)cc1. The van der Waals surface area contributed by atoms with Crippen molar-refractivity contribution in [3.8, 4) is 28.3 Å². The van der Waals surface area contributed by atoms with Gasteiger partial charge in [0, 0.05) is 44.5 Å². The second-order valence-corrected chi connectivity index (χ2v) is 14.0. The first-order valence-electron chi connectivity index (χ1n) is 18.6. The quantitative estimate of drug-likeness (QED) is 0.173. The topological polar surface area (TPSA) is 34.2 Å². The maximum Gasteiger partial charge on any atom is 0.227 e. The van der Waals surface area contributed by atoms with E-state index >= 15 is 0 Å². The molecule has 0 aliphatic rings. The molecule has 11 rings (SSSR count). The minimum absolute atomic E-state index is 0.619. The van der Waals surface area contributed by atoms with Gasteiger partial charge in [-0.05, 0) is 106 Å². The van der Waals surface area contributed by atoms with Gasteiger partial charge < -0.3 is 13.9 Å². The Kier molecular flexibility index (Phi) is 7.14. The Labute approximate surface area is 317 Å². The molecule has 0 atom stereocenters. The van der Waals surface area contributed by atoms with Crippen molar-refractivity contribution in [2.45, 2.75) is 0 Å². The fourth-order valence-corrected chi connectivity index (χ4v) is 8.11. The van der Waals surface area contributed by atoms with E-state index in [1.807, 2.05) is 36.4 Å². The van der Waals surface area contributed by atoms with Crippen LogP contribution in [0.15, 0.2) is 205 Å². The summed E-state index contributed by atoms with van der Waals surface area (Å²) < 4.78 is 8.69. The molecule has 0 N–H and O–H groups in total. The number of rotatable bonds is 6. The molecule has 0 saturated heterocycles. The summed E-state index contributed by atoms with van der Waals surface area (Å²) in [6.07, 6.45) is 0. The summed E-state index contributed by atoms with van der Waals surface area (Å²) >= 11 is 0. The lowest BCUT2D eigenvalue weighted by molar-refractivity contribution is 0.620. The molecule has 0 aliphatic carbocycles. The Morgan fingerprint density at radius 2 is 1.04 bits per heavy atom. The molecule has 11 aromatic rings. The van der Waals surface area contributed by atoms with Gasteiger partial charge in [-0.3, -0.25) is 0 Å². The monoisotopic (exact) mass is 703 g/mol. The van der Waals surface area contributed by atoms with Crippen molar-refractivity contribution in [1.82, 2.24) is 9.55 Å². The molecule has 0 unspecified atom stereocenters. The van der Waals surface area contributed by atoms with E-state index in [9.17, 15) is 0 Å². The Hall–Kier alpha value is -7.43. The zero-order chi connectivity index (χ0) is 36.3. The number of nitrogens with zero attached hydrogens (tertiary/aromatic N) is 3. The molecule has 0 bridgehead atoms. The van der Waals surface area contributed by atoms with Crippen molar-refractivity contribution in [2.75, 3.05) is 4.90 Å². The highest BCUT2D eigenvalue weighted by Crippen LogP contribution is 2.42. The molecular weight excluding hydrogens is 671 g/mol.